The van der Waals surface area contributed by atoms with Crippen LogP contribution in [0.5, 0.6) is 0 Å². The first kappa shape index (κ1) is 8.29. The highest BCUT2D eigenvalue weighted by atomic mass is 17.2. The number of fused-ring (bicyclic) bond motifs is 1. The predicted octanol–water partition coefficient (Wildman–Crippen LogP) is 2.38. The van der Waals surface area contributed by atoms with Crippen LogP contribution in [0.15, 0.2) is 41.0 Å². The summed E-state index contributed by atoms with van der Waals surface area (Å²) in [5.74, 6) is 0. The molecular weight excluding hydrogens is 168 g/mol. The first-order valence-corrected chi connectivity index (χ1v) is 4.13. The smallest absolute Gasteiger partial charge is 0.133 e. The minimum absolute atomic E-state index is 0.778. The van der Waals surface area contributed by atoms with Gasteiger partial charge in [-0.15, -0.1) is 0 Å². The highest BCUT2D eigenvalue weighted by molar-refractivity contribution is 5.76. The Hall–Kier alpha value is -1.32. The van der Waals surface area contributed by atoms with Crippen LogP contribution in [0.2, 0.25) is 0 Å². The van der Waals surface area contributed by atoms with Crippen molar-refractivity contribution in [1.29, 1.82) is 0 Å². The van der Waals surface area contributed by atoms with Gasteiger partial charge in [-0.1, -0.05) is 18.2 Å². The summed E-state index contributed by atoms with van der Waals surface area (Å²) in [6.45, 7) is 1.56. The van der Waals surface area contributed by atoms with Crippen LogP contribution in [-0.4, -0.2) is 13.2 Å². The second kappa shape index (κ2) is 4.07. The molecule has 2 heterocycles. The van der Waals surface area contributed by atoms with Crippen LogP contribution in [0, 0.1) is 0 Å². The van der Waals surface area contributed by atoms with Gasteiger partial charge in [0.05, 0.1) is 6.26 Å². The standard InChI is InChI=1S/C8H6O.C2H4O2/c1-2-4-8-7(3-1)5-6-9-8;1-2-4-3-1/h1-6H;1-2H2. The highest BCUT2D eigenvalue weighted by Crippen LogP contribution is 2.12. The fraction of sp³-hybridized carbons (Fsp3) is 0.200. The molecule has 1 aromatic heterocycles. The summed E-state index contributed by atoms with van der Waals surface area (Å²) in [4.78, 5) is 8.44. The molecule has 68 valence electrons. The predicted molar refractivity (Wildman–Crippen MR) is 48.1 cm³/mol. The average Bonchev–Trinajstić information content (AvgIpc) is 2.47. The lowest BCUT2D eigenvalue weighted by Gasteiger charge is -2.08. The summed E-state index contributed by atoms with van der Waals surface area (Å²) >= 11 is 0. The monoisotopic (exact) mass is 178 g/mol. The van der Waals surface area contributed by atoms with Crippen molar-refractivity contribution in [2.75, 3.05) is 13.2 Å². The third kappa shape index (κ3) is 2.08. The Morgan fingerprint density at radius 3 is 2.23 bits per heavy atom. The van der Waals surface area contributed by atoms with Crippen LogP contribution >= 0.6 is 0 Å². The summed E-state index contributed by atoms with van der Waals surface area (Å²) in [7, 11) is 0. The molecule has 3 rings (SSSR count). The number of rotatable bonds is 0. The number of benzene rings is 1. The second-order valence-corrected chi connectivity index (χ2v) is 2.60. The molecule has 1 fully saturated rings. The molecule has 1 aliphatic rings. The fourth-order valence-electron chi connectivity index (χ4n) is 0.990. The van der Waals surface area contributed by atoms with Crippen molar-refractivity contribution in [1.82, 2.24) is 0 Å². The summed E-state index contributed by atoms with van der Waals surface area (Å²) in [6, 6.07) is 9.90. The molecule has 0 saturated carbocycles. The number of furan rings is 1. The minimum Gasteiger partial charge on any atom is -0.464 e. The maximum absolute atomic E-state index is 5.12. The second-order valence-electron chi connectivity index (χ2n) is 2.60. The summed E-state index contributed by atoms with van der Waals surface area (Å²) in [5.41, 5.74) is 0.956. The molecule has 0 amide bonds. The van der Waals surface area contributed by atoms with Crippen molar-refractivity contribution >= 4 is 11.0 Å². The Labute approximate surface area is 75.8 Å². The molecule has 0 bridgehead atoms. The maximum Gasteiger partial charge on any atom is 0.133 e. The van der Waals surface area contributed by atoms with Crippen molar-refractivity contribution in [3.05, 3.63) is 36.6 Å². The van der Waals surface area contributed by atoms with Crippen molar-refractivity contribution in [3.63, 3.8) is 0 Å². The Balaban J connectivity index is 0.000000137. The van der Waals surface area contributed by atoms with Gasteiger partial charge in [0.2, 0.25) is 0 Å². The van der Waals surface area contributed by atoms with Gasteiger partial charge in [0.1, 0.15) is 18.8 Å². The molecule has 3 nitrogen and oxygen atoms in total. The molecule has 1 aromatic carbocycles. The van der Waals surface area contributed by atoms with Crippen molar-refractivity contribution in [2.24, 2.45) is 0 Å². The maximum atomic E-state index is 5.12. The Bertz CT molecular complexity index is 329. The van der Waals surface area contributed by atoms with Crippen molar-refractivity contribution in [3.8, 4) is 0 Å². The molecule has 0 aliphatic carbocycles. The molecule has 0 atom stereocenters. The van der Waals surface area contributed by atoms with Crippen LogP contribution < -0.4 is 0 Å². The van der Waals surface area contributed by atoms with E-state index >= 15 is 0 Å². The lowest BCUT2D eigenvalue weighted by atomic mass is 10.3. The van der Waals surface area contributed by atoms with Gasteiger partial charge in [0.25, 0.3) is 0 Å². The molecule has 2 aromatic rings. The number of hydrogen-bond acceptors (Lipinski definition) is 3. The molecule has 13 heavy (non-hydrogen) atoms. The average molecular weight is 178 g/mol. The van der Waals surface area contributed by atoms with E-state index in [4.69, 9.17) is 4.42 Å². The first-order valence-electron chi connectivity index (χ1n) is 4.13. The van der Waals surface area contributed by atoms with Crippen LogP contribution in [-0.2, 0) is 9.78 Å². The largest absolute Gasteiger partial charge is 0.464 e. The third-order valence-corrected chi connectivity index (χ3v) is 1.69. The number of para-hydroxylation sites is 1. The van der Waals surface area contributed by atoms with Crippen LogP contribution in [0.1, 0.15) is 0 Å². The van der Waals surface area contributed by atoms with Gasteiger partial charge in [0.15, 0.2) is 0 Å². The molecule has 1 aliphatic heterocycles. The van der Waals surface area contributed by atoms with E-state index in [1.165, 1.54) is 0 Å². The number of hydrogen-bond donors (Lipinski definition) is 0. The molecular formula is C10H10O3. The molecule has 0 unspecified atom stereocenters. The van der Waals surface area contributed by atoms with Crippen molar-refractivity contribution in [2.45, 2.75) is 0 Å². The molecule has 1 saturated heterocycles. The van der Waals surface area contributed by atoms with Gasteiger partial charge >= 0.3 is 0 Å². The van der Waals surface area contributed by atoms with Crippen LogP contribution in [0.25, 0.3) is 11.0 Å². The van der Waals surface area contributed by atoms with E-state index in [2.05, 4.69) is 9.78 Å². The van der Waals surface area contributed by atoms with Gasteiger partial charge in [-0.25, -0.2) is 9.78 Å². The van der Waals surface area contributed by atoms with Gasteiger partial charge < -0.3 is 4.42 Å². The normalized spacial score (nSPS) is 14.5. The van der Waals surface area contributed by atoms with Gasteiger partial charge in [-0.3, -0.25) is 0 Å². The zero-order chi connectivity index (χ0) is 8.93. The molecule has 0 radical (unpaired) electrons. The Kier molecular flexibility index (Phi) is 2.59. The summed E-state index contributed by atoms with van der Waals surface area (Å²) in [6.07, 6.45) is 1.70. The van der Waals surface area contributed by atoms with E-state index < -0.39 is 0 Å². The van der Waals surface area contributed by atoms with Crippen LogP contribution in [0.3, 0.4) is 0 Å². The quantitative estimate of drug-likeness (QED) is 0.580. The van der Waals surface area contributed by atoms with Gasteiger partial charge in [-0.2, -0.15) is 0 Å². The Morgan fingerprint density at radius 2 is 1.62 bits per heavy atom. The first-order chi connectivity index (χ1) is 6.47. The molecule has 0 spiro atoms. The molecule has 0 N–H and O–H groups in total. The lowest BCUT2D eigenvalue weighted by Crippen LogP contribution is -2.14. The lowest BCUT2D eigenvalue weighted by molar-refractivity contribution is -0.382. The zero-order valence-electron chi connectivity index (χ0n) is 7.10. The SMILES string of the molecule is C1COO1.c1ccc2occc2c1. The van der Waals surface area contributed by atoms with E-state index in [0.29, 0.717) is 0 Å². The van der Waals surface area contributed by atoms with Gasteiger partial charge in [-0.05, 0) is 12.1 Å². The van der Waals surface area contributed by atoms with Crippen molar-refractivity contribution < 1.29 is 14.2 Å². The van der Waals surface area contributed by atoms with E-state index in [0.717, 1.165) is 24.2 Å². The minimum atomic E-state index is 0.778. The fourth-order valence-corrected chi connectivity index (χ4v) is 0.990. The van der Waals surface area contributed by atoms with E-state index in [1.54, 1.807) is 6.26 Å². The van der Waals surface area contributed by atoms with E-state index in [-0.39, 0.29) is 0 Å². The summed E-state index contributed by atoms with van der Waals surface area (Å²) < 4.78 is 5.12. The van der Waals surface area contributed by atoms with Gasteiger partial charge in [0, 0.05) is 5.39 Å². The zero-order valence-corrected chi connectivity index (χ0v) is 7.10. The van der Waals surface area contributed by atoms with Crippen LogP contribution in [0.4, 0.5) is 0 Å². The summed E-state index contributed by atoms with van der Waals surface area (Å²) in [5, 5.41) is 1.16. The Morgan fingerprint density at radius 1 is 0.923 bits per heavy atom. The van der Waals surface area contributed by atoms with E-state index in [9.17, 15) is 0 Å². The third-order valence-electron chi connectivity index (χ3n) is 1.69. The topological polar surface area (TPSA) is 31.6 Å². The van der Waals surface area contributed by atoms with E-state index in [1.807, 2.05) is 30.3 Å². The molecule has 3 heteroatoms. The highest BCUT2D eigenvalue weighted by Gasteiger charge is 1.95.